The Labute approximate surface area is 329 Å². The summed E-state index contributed by atoms with van der Waals surface area (Å²) in [6, 6.07) is 13.2. The summed E-state index contributed by atoms with van der Waals surface area (Å²) in [5.41, 5.74) is 3.66. The number of aromatic nitrogens is 1. The van der Waals surface area contributed by atoms with Crippen LogP contribution in [-0.4, -0.2) is 84.5 Å². The zero-order chi connectivity index (χ0) is 39.0. The molecular formula is C41H45Cl2FN6O5. The highest BCUT2D eigenvalue weighted by atomic mass is 35.5. The fraction of sp³-hybridized carbons (Fsp3) is 0.415. The van der Waals surface area contributed by atoms with E-state index in [-0.39, 0.29) is 35.2 Å². The van der Waals surface area contributed by atoms with E-state index < -0.39 is 11.9 Å². The van der Waals surface area contributed by atoms with Crippen LogP contribution >= 0.6 is 23.2 Å². The highest BCUT2D eigenvalue weighted by Crippen LogP contribution is 2.38. The first kappa shape index (κ1) is 38.6. The number of nitrogens with zero attached hydrogens (tertiary/aromatic N) is 4. The molecule has 3 aliphatic heterocycles. The van der Waals surface area contributed by atoms with Crippen molar-refractivity contribution in [2.45, 2.75) is 57.2 Å². The van der Waals surface area contributed by atoms with Gasteiger partial charge in [-0.3, -0.25) is 29.4 Å². The van der Waals surface area contributed by atoms with Crippen LogP contribution in [0.3, 0.4) is 0 Å². The Morgan fingerprint density at radius 2 is 1.69 bits per heavy atom. The molecular weight excluding hydrogens is 746 g/mol. The van der Waals surface area contributed by atoms with Crippen LogP contribution in [0.2, 0.25) is 10.0 Å². The van der Waals surface area contributed by atoms with Crippen LogP contribution in [0.4, 0.5) is 15.8 Å². The molecule has 4 aromatic rings. The van der Waals surface area contributed by atoms with Gasteiger partial charge in [-0.2, -0.15) is 0 Å². The average molecular weight is 792 g/mol. The Kier molecular flexibility index (Phi) is 11.4. The maximum atomic E-state index is 14.3. The molecule has 1 unspecified atom stereocenters. The molecule has 3 fully saturated rings. The molecule has 14 heteroatoms. The van der Waals surface area contributed by atoms with Gasteiger partial charge in [0.2, 0.25) is 17.7 Å². The molecule has 1 atom stereocenters. The third-order valence-electron chi connectivity index (χ3n) is 11.4. The van der Waals surface area contributed by atoms with E-state index in [1.807, 2.05) is 36.2 Å². The van der Waals surface area contributed by atoms with Crippen molar-refractivity contribution in [3.05, 3.63) is 86.5 Å². The second-order valence-corrected chi connectivity index (χ2v) is 15.6. The van der Waals surface area contributed by atoms with E-state index in [0.29, 0.717) is 70.3 Å². The molecule has 290 valence electrons. The van der Waals surface area contributed by atoms with Gasteiger partial charge in [-0.05, 0) is 91.6 Å². The number of hydrogen-bond donors (Lipinski definition) is 2. The van der Waals surface area contributed by atoms with Crippen molar-refractivity contribution in [3.63, 3.8) is 0 Å². The van der Waals surface area contributed by atoms with E-state index in [0.717, 1.165) is 55.6 Å². The maximum Gasteiger partial charge on any atom is 0.258 e. The number of carbonyl (C=O) groups excluding carboxylic acids is 3. The summed E-state index contributed by atoms with van der Waals surface area (Å²) in [5.74, 6) is -0.281. The Hall–Kier alpha value is -4.65. The summed E-state index contributed by atoms with van der Waals surface area (Å²) in [4.78, 5) is 56.6. The van der Waals surface area contributed by atoms with Crippen molar-refractivity contribution >= 4 is 63.1 Å². The number of benzene rings is 3. The Balaban J connectivity index is 0.929. The maximum absolute atomic E-state index is 14.3. The highest BCUT2D eigenvalue weighted by molar-refractivity contribution is 6.33. The van der Waals surface area contributed by atoms with Gasteiger partial charge in [0.1, 0.15) is 17.6 Å². The zero-order valence-corrected chi connectivity index (χ0v) is 32.7. The lowest BCUT2D eigenvalue weighted by Gasteiger charge is -2.40. The predicted octanol–water partition coefficient (Wildman–Crippen LogP) is 6.22. The van der Waals surface area contributed by atoms with E-state index in [4.69, 9.17) is 27.9 Å². The summed E-state index contributed by atoms with van der Waals surface area (Å²) >= 11 is 13.6. The number of fused-ring (bicyclic) bond motifs is 1. The average Bonchev–Trinajstić information content (AvgIpc) is 3.18. The molecule has 2 N–H and O–H groups in total. The number of anilines is 2. The van der Waals surface area contributed by atoms with Crippen LogP contribution < -0.4 is 25.8 Å². The number of rotatable bonds is 9. The molecule has 0 aliphatic carbocycles. The SMILES string of the molecule is COc1cc(-c2cn(C)c(=O)c3ccc(F)cc23)cc(Cl)c1CN1CCC(N(C)C(=O)C2CCN(c3ccc(NC4CCC(=O)NC4=O)cc3Cl)CC2)CC1. The van der Waals surface area contributed by atoms with Gasteiger partial charge in [-0.1, -0.05) is 23.2 Å². The van der Waals surface area contributed by atoms with E-state index in [2.05, 4.69) is 20.4 Å². The molecule has 0 bridgehead atoms. The minimum atomic E-state index is -0.484. The number of amides is 3. The lowest BCUT2D eigenvalue weighted by Crippen LogP contribution is -2.48. The lowest BCUT2D eigenvalue weighted by molar-refractivity contribution is -0.138. The molecule has 11 nitrogen and oxygen atoms in total. The summed E-state index contributed by atoms with van der Waals surface area (Å²) in [6.07, 6.45) is 5.56. The summed E-state index contributed by atoms with van der Waals surface area (Å²) in [6.45, 7) is 3.57. The van der Waals surface area contributed by atoms with Gasteiger partial charge in [-0.15, -0.1) is 0 Å². The van der Waals surface area contributed by atoms with Crippen LogP contribution in [0.1, 0.15) is 44.1 Å². The van der Waals surface area contributed by atoms with Crippen LogP contribution in [-0.2, 0) is 28.0 Å². The number of piperidine rings is 3. The van der Waals surface area contributed by atoms with Gasteiger partial charge in [0, 0.05) is 98.6 Å². The first-order chi connectivity index (χ1) is 26.4. The van der Waals surface area contributed by atoms with Crippen molar-refractivity contribution in [1.29, 1.82) is 0 Å². The largest absolute Gasteiger partial charge is 0.496 e. The van der Waals surface area contributed by atoms with Crippen molar-refractivity contribution in [1.82, 2.24) is 19.7 Å². The van der Waals surface area contributed by atoms with Crippen molar-refractivity contribution in [3.8, 4) is 16.9 Å². The molecule has 0 spiro atoms. The van der Waals surface area contributed by atoms with E-state index in [9.17, 15) is 23.6 Å². The quantitative estimate of drug-likeness (QED) is 0.192. The second-order valence-electron chi connectivity index (χ2n) is 14.8. The number of hydrogen-bond acceptors (Lipinski definition) is 8. The predicted molar refractivity (Wildman–Crippen MR) is 213 cm³/mol. The molecule has 1 aromatic heterocycles. The smallest absolute Gasteiger partial charge is 0.258 e. The molecule has 3 amide bonds. The normalized spacial score (nSPS) is 18.7. The Bertz CT molecular complexity index is 2200. The van der Waals surface area contributed by atoms with E-state index in [1.165, 1.54) is 22.8 Å². The molecule has 3 saturated heterocycles. The number of methoxy groups -OCH3 is 1. The standard InChI is InChI=1S/C41H45Cl2FN6O5/c1-47-22-31(30-20-26(44)4-6-29(30)41(47)54)25-18-33(42)32(37(19-25)55-3)23-49-14-12-28(13-15-49)48(2)40(53)24-10-16-50(17-11-24)36-8-5-27(21-34(36)43)45-35-7-9-38(51)46-39(35)52/h4-6,8,18-22,24,28,35,45H,7,9-17,23H2,1-3H3,(H,46,51,52). The third-order valence-corrected chi connectivity index (χ3v) is 12.0. The molecule has 4 heterocycles. The second kappa shape index (κ2) is 16.2. The number of pyridine rings is 1. The summed E-state index contributed by atoms with van der Waals surface area (Å²) < 4.78 is 21.6. The summed E-state index contributed by atoms with van der Waals surface area (Å²) in [7, 11) is 5.20. The van der Waals surface area contributed by atoms with Crippen LogP contribution in [0, 0.1) is 11.7 Å². The third kappa shape index (κ3) is 8.17. The molecule has 3 aliphatic rings. The van der Waals surface area contributed by atoms with Crippen molar-refractivity contribution in [2.24, 2.45) is 13.0 Å². The number of aryl methyl sites for hydroxylation is 1. The number of imide groups is 1. The molecule has 7 rings (SSSR count). The van der Waals surface area contributed by atoms with Gasteiger partial charge < -0.3 is 24.4 Å². The lowest BCUT2D eigenvalue weighted by atomic mass is 9.93. The zero-order valence-electron chi connectivity index (χ0n) is 31.2. The first-order valence-electron chi connectivity index (χ1n) is 18.7. The number of likely N-dealkylation sites (tertiary alicyclic amines) is 1. The topological polar surface area (TPSA) is 116 Å². The van der Waals surface area contributed by atoms with Crippen LogP contribution in [0.5, 0.6) is 5.75 Å². The van der Waals surface area contributed by atoms with Crippen LogP contribution in [0.15, 0.2) is 59.5 Å². The molecule has 55 heavy (non-hydrogen) atoms. The van der Waals surface area contributed by atoms with Crippen LogP contribution in [0.25, 0.3) is 21.9 Å². The van der Waals surface area contributed by atoms with Gasteiger partial charge in [0.15, 0.2) is 0 Å². The van der Waals surface area contributed by atoms with Gasteiger partial charge in [0.05, 0.1) is 17.8 Å². The Morgan fingerprint density at radius 3 is 2.38 bits per heavy atom. The molecule has 0 radical (unpaired) electrons. The van der Waals surface area contributed by atoms with Gasteiger partial charge in [0.25, 0.3) is 5.56 Å². The molecule has 3 aromatic carbocycles. The number of halogens is 3. The monoisotopic (exact) mass is 790 g/mol. The summed E-state index contributed by atoms with van der Waals surface area (Å²) in [5, 5.41) is 7.56. The van der Waals surface area contributed by atoms with Crippen molar-refractivity contribution < 1.29 is 23.5 Å². The number of ether oxygens (including phenoxy) is 1. The minimum absolute atomic E-state index is 0.0613. The van der Waals surface area contributed by atoms with E-state index in [1.54, 1.807) is 26.4 Å². The first-order valence-corrected chi connectivity index (χ1v) is 19.4. The van der Waals surface area contributed by atoms with E-state index >= 15 is 0 Å². The minimum Gasteiger partial charge on any atom is -0.496 e. The Morgan fingerprint density at radius 1 is 0.945 bits per heavy atom. The van der Waals surface area contributed by atoms with Crippen molar-refractivity contribution in [2.75, 3.05) is 50.6 Å². The number of carbonyl (C=O) groups is 3. The number of nitrogens with one attached hydrogen (secondary N) is 2. The van der Waals surface area contributed by atoms with Gasteiger partial charge >= 0.3 is 0 Å². The fourth-order valence-electron chi connectivity index (χ4n) is 8.18. The highest BCUT2D eigenvalue weighted by Gasteiger charge is 2.33. The van der Waals surface area contributed by atoms with Gasteiger partial charge in [-0.25, -0.2) is 4.39 Å². The fourth-order valence-corrected chi connectivity index (χ4v) is 8.75. The molecule has 0 saturated carbocycles.